The van der Waals surface area contributed by atoms with E-state index in [1.807, 2.05) is 11.4 Å². The van der Waals surface area contributed by atoms with Gasteiger partial charge in [-0.15, -0.1) is 5.10 Å². The molecule has 3 atom stereocenters. The molecule has 1 aliphatic heterocycles. The van der Waals surface area contributed by atoms with Gasteiger partial charge in [-0.3, -0.25) is 4.79 Å². The van der Waals surface area contributed by atoms with Crippen LogP contribution in [0.5, 0.6) is 0 Å². The minimum atomic E-state index is -0.486. The molecule has 2 aliphatic rings. The minimum Gasteiger partial charge on any atom is -0.391 e. The number of hydrogen-bond donors (Lipinski definition) is 2. The topological polar surface area (TPSA) is 96.2 Å². The molecule has 28 heavy (non-hydrogen) atoms. The molecular formula is C19H28N6O2S. The van der Waals surface area contributed by atoms with E-state index in [4.69, 9.17) is 5.10 Å². The number of piperidine rings is 1. The summed E-state index contributed by atoms with van der Waals surface area (Å²) in [7, 11) is 0. The molecule has 0 radical (unpaired) electrons. The summed E-state index contributed by atoms with van der Waals surface area (Å²) >= 11 is 1.37. The summed E-state index contributed by atoms with van der Waals surface area (Å²) in [6.07, 6.45) is 6.52. The summed E-state index contributed by atoms with van der Waals surface area (Å²) in [6.45, 7) is 2.48. The van der Waals surface area contributed by atoms with Gasteiger partial charge in [0.25, 0.3) is 5.56 Å². The third kappa shape index (κ3) is 4.42. The van der Waals surface area contributed by atoms with Gasteiger partial charge in [0, 0.05) is 37.1 Å². The van der Waals surface area contributed by atoms with Gasteiger partial charge in [0.05, 0.1) is 17.8 Å². The number of aromatic nitrogens is 4. The standard InChI is InChI=1S/C19H28N6O2S/c26-17-7-2-1-6-16(17)25-19(27)9-8-18(22-25)24-10-4-3-5-15(24)12-20-11-14-13-28-23-21-14/h8-9,13,15-17,20,26H,1-7,10-12H2. The van der Waals surface area contributed by atoms with E-state index in [-0.39, 0.29) is 11.6 Å². The molecule has 2 N–H and O–H groups in total. The molecule has 1 aliphatic carbocycles. The van der Waals surface area contributed by atoms with Crippen LogP contribution in [0.3, 0.4) is 0 Å². The van der Waals surface area contributed by atoms with Crippen LogP contribution in [-0.2, 0) is 6.54 Å². The number of anilines is 1. The van der Waals surface area contributed by atoms with Crippen molar-refractivity contribution in [2.75, 3.05) is 18.0 Å². The normalized spacial score (nSPS) is 25.8. The Morgan fingerprint density at radius 3 is 2.86 bits per heavy atom. The van der Waals surface area contributed by atoms with Crippen molar-refractivity contribution in [2.24, 2.45) is 0 Å². The van der Waals surface area contributed by atoms with Crippen molar-refractivity contribution in [2.45, 2.75) is 69.7 Å². The zero-order valence-electron chi connectivity index (χ0n) is 16.0. The molecule has 8 nitrogen and oxygen atoms in total. The van der Waals surface area contributed by atoms with Crippen LogP contribution < -0.4 is 15.8 Å². The maximum absolute atomic E-state index is 12.4. The molecule has 1 saturated carbocycles. The molecule has 0 aromatic carbocycles. The van der Waals surface area contributed by atoms with Gasteiger partial charge < -0.3 is 15.3 Å². The first-order valence-corrected chi connectivity index (χ1v) is 11.1. The largest absolute Gasteiger partial charge is 0.391 e. The highest BCUT2D eigenvalue weighted by molar-refractivity contribution is 7.03. The van der Waals surface area contributed by atoms with E-state index in [0.717, 1.165) is 63.1 Å². The number of aliphatic hydroxyl groups is 1. The molecule has 1 saturated heterocycles. The van der Waals surface area contributed by atoms with E-state index in [9.17, 15) is 9.90 Å². The molecule has 4 rings (SSSR count). The van der Waals surface area contributed by atoms with Crippen molar-refractivity contribution in [3.05, 3.63) is 33.6 Å². The Balaban J connectivity index is 1.49. The van der Waals surface area contributed by atoms with Gasteiger partial charge in [-0.25, -0.2) is 4.68 Å². The zero-order valence-corrected chi connectivity index (χ0v) is 16.9. The molecule has 0 amide bonds. The van der Waals surface area contributed by atoms with Gasteiger partial charge >= 0.3 is 0 Å². The summed E-state index contributed by atoms with van der Waals surface area (Å²) in [5.74, 6) is 0.833. The van der Waals surface area contributed by atoms with Gasteiger partial charge in [-0.2, -0.15) is 5.10 Å². The van der Waals surface area contributed by atoms with Gasteiger partial charge in [-0.05, 0) is 49.7 Å². The fourth-order valence-electron chi connectivity index (χ4n) is 4.33. The van der Waals surface area contributed by atoms with Crippen LogP contribution in [-0.4, -0.2) is 49.7 Å². The molecule has 0 bridgehead atoms. The van der Waals surface area contributed by atoms with Gasteiger partial charge in [-0.1, -0.05) is 17.3 Å². The van der Waals surface area contributed by atoms with Crippen LogP contribution in [0, 0.1) is 0 Å². The number of hydrogen-bond acceptors (Lipinski definition) is 8. The zero-order chi connectivity index (χ0) is 19.3. The Morgan fingerprint density at radius 2 is 2.04 bits per heavy atom. The molecule has 9 heteroatoms. The second kappa shape index (κ2) is 9.11. The Kier molecular flexibility index (Phi) is 6.33. The van der Waals surface area contributed by atoms with Crippen molar-refractivity contribution in [3.63, 3.8) is 0 Å². The lowest BCUT2D eigenvalue weighted by Gasteiger charge is -2.37. The monoisotopic (exact) mass is 404 g/mol. The predicted octanol–water partition coefficient (Wildman–Crippen LogP) is 1.72. The molecule has 0 spiro atoms. The first-order chi connectivity index (χ1) is 13.7. The highest BCUT2D eigenvalue weighted by atomic mass is 32.1. The summed E-state index contributed by atoms with van der Waals surface area (Å²) in [5.41, 5.74) is 0.836. The van der Waals surface area contributed by atoms with Gasteiger partial charge in [0.2, 0.25) is 0 Å². The number of rotatable bonds is 6. The SMILES string of the molecule is O=c1ccc(N2CCCCC2CNCc2csnn2)nn1C1CCCCC1O. The molecule has 2 fully saturated rings. The van der Waals surface area contributed by atoms with Crippen molar-refractivity contribution >= 4 is 17.4 Å². The lowest BCUT2D eigenvalue weighted by molar-refractivity contribution is 0.0669. The predicted molar refractivity (Wildman–Crippen MR) is 109 cm³/mol. The lowest BCUT2D eigenvalue weighted by Crippen LogP contribution is -2.47. The minimum absolute atomic E-state index is 0.127. The van der Waals surface area contributed by atoms with E-state index in [1.165, 1.54) is 22.6 Å². The third-order valence-corrected chi connectivity index (χ3v) is 6.39. The molecular weight excluding hydrogens is 376 g/mol. The Hall–Kier alpha value is -1.84. The first kappa shape index (κ1) is 19.5. The lowest BCUT2D eigenvalue weighted by atomic mass is 9.93. The van der Waals surface area contributed by atoms with Crippen molar-refractivity contribution < 1.29 is 5.11 Å². The van der Waals surface area contributed by atoms with Crippen LogP contribution >= 0.6 is 11.5 Å². The summed E-state index contributed by atoms with van der Waals surface area (Å²) in [6, 6.07) is 3.55. The van der Waals surface area contributed by atoms with E-state index < -0.39 is 6.10 Å². The summed E-state index contributed by atoms with van der Waals surface area (Å²) < 4.78 is 5.42. The van der Waals surface area contributed by atoms with Crippen LogP contribution in [0.4, 0.5) is 5.82 Å². The number of nitrogens with one attached hydrogen (secondary N) is 1. The fraction of sp³-hybridized carbons (Fsp3) is 0.684. The van der Waals surface area contributed by atoms with Crippen LogP contribution in [0.15, 0.2) is 22.3 Å². The van der Waals surface area contributed by atoms with Crippen LogP contribution in [0.2, 0.25) is 0 Å². The average Bonchev–Trinajstić information content (AvgIpc) is 3.23. The van der Waals surface area contributed by atoms with E-state index in [1.54, 1.807) is 6.07 Å². The van der Waals surface area contributed by atoms with Crippen molar-refractivity contribution in [1.29, 1.82) is 0 Å². The Labute approximate surface area is 168 Å². The molecule has 2 aromatic heterocycles. The average molecular weight is 405 g/mol. The fourth-order valence-corrected chi connectivity index (χ4v) is 4.78. The Morgan fingerprint density at radius 1 is 1.18 bits per heavy atom. The maximum Gasteiger partial charge on any atom is 0.267 e. The first-order valence-electron chi connectivity index (χ1n) is 10.2. The third-order valence-electron chi connectivity index (χ3n) is 5.83. The Bertz CT molecular complexity index is 811. The number of nitrogens with zero attached hydrogens (tertiary/aromatic N) is 5. The quantitative estimate of drug-likeness (QED) is 0.757. The maximum atomic E-state index is 12.4. The van der Waals surface area contributed by atoms with Gasteiger partial charge in [0.1, 0.15) is 5.82 Å². The molecule has 3 heterocycles. The molecule has 3 unspecified atom stereocenters. The number of aliphatic hydroxyl groups excluding tert-OH is 1. The highest BCUT2D eigenvalue weighted by Crippen LogP contribution is 2.28. The van der Waals surface area contributed by atoms with Crippen LogP contribution in [0.1, 0.15) is 56.7 Å². The summed E-state index contributed by atoms with van der Waals surface area (Å²) in [4.78, 5) is 14.7. The second-order valence-electron chi connectivity index (χ2n) is 7.76. The smallest absolute Gasteiger partial charge is 0.267 e. The molecule has 152 valence electrons. The van der Waals surface area contributed by atoms with E-state index in [2.05, 4.69) is 19.8 Å². The van der Waals surface area contributed by atoms with Crippen molar-refractivity contribution in [1.82, 2.24) is 24.7 Å². The van der Waals surface area contributed by atoms with E-state index in [0.29, 0.717) is 12.6 Å². The summed E-state index contributed by atoms with van der Waals surface area (Å²) in [5, 5.41) is 24.6. The van der Waals surface area contributed by atoms with E-state index >= 15 is 0 Å². The highest BCUT2D eigenvalue weighted by Gasteiger charge is 2.28. The van der Waals surface area contributed by atoms with Gasteiger partial charge in [0.15, 0.2) is 0 Å². The van der Waals surface area contributed by atoms with Crippen molar-refractivity contribution in [3.8, 4) is 0 Å². The second-order valence-corrected chi connectivity index (χ2v) is 8.37. The van der Waals surface area contributed by atoms with Crippen LogP contribution in [0.25, 0.3) is 0 Å². The molecule has 2 aromatic rings.